The lowest BCUT2D eigenvalue weighted by Crippen LogP contribution is -2.45. The zero-order valence-corrected chi connectivity index (χ0v) is 16.0. The summed E-state index contributed by atoms with van der Waals surface area (Å²) in [5.41, 5.74) is 2.45. The third-order valence-corrected chi connectivity index (χ3v) is 6.55. The van der Waals surface area contributed by atoms with Crippen LogP contribution in [-0.4, -0.2) is 46.0 Å². The first-order chi connectivity index (χ1) is 13.6. The van der Waals surface area contributed by atoms with Crippen molar-refractivity contribution >= 4 is 5.91 Å². The van der Waals surface area contributed by atoms with E-state index in [2.05, 4.69) is 9.97 Å². The number of aromatic nitrogens is 3. The number of nitrogens with one attached hydrogen (secondary N) is 1. The van der Waals surface area contributed by atoms with Crippen LogP contribution in [0.4, 0.5) is 0 Å². The summed E-state index contributed by atoms with van der Waals surface area (Å²) in [6.45, 7) is 1.36. The van der Waals surface area contributed by atoms with Gasteiger partial charge in [0.15, 0.2) is 0 Å². The van der Waals surface area contributed by atoms with Crippen molar-refractivity contribution in [2.45, 2.75) is 49.9 Å². The first-order valence-corrected chi connectivity index (χ1v) is 10.0. The van der Waals surface area contributed by atoms with Crippen LogP contribution < -0.4 is 10.3 Å². The molecule has 0 atom stereocenters. The number of fused-ring (bicyclic) bond motifs is 2. The molecule has 3 heterocycles. The fraction of sp³-hybridized carbons (Fsp3) is 0.524. The van der Waals surface area contributed by atoms with Gasteiger partial charge in [0, 0.05) is 42.2 Å². The third kappa shape index (κ3) is 2.80. The number of ether oxygens (including phenoxy) is 1. The molecule has 7 nitrogen and oxygen atoms in total. The van der Waals surface area contributed by atoms with Crippen molar-refractivity contribution in [3.63, 3.8) is 0 Å². The molecule has 146 valence electrons. The molecular formula is C21H24N4O3. The van der Waals surface area contributed by atoms with Gasteiger partial charge in [0.2, 0.25) is 5.88 Å². The molecule has 0 radical (unpaired) electrons. The van der Waals surface area contributed by atoms with E-state index in [1.165, 1.54) is 0 Å². The second-order valence-corrected chi connectivity index (χ2v) is 8.21. The molecule has 5 rings (SSSR count). The molecule has 3 aliphatic rings. The van der Waals surface area contributed by atoms with Crippen molar-refractivity contribution in [1.82, 2.24) is 19.9 Å². The molecule has 0 bridgehead atoms. The van der Waals surface area contributed by atoms with E-state index in [0.717, 1.165) is 55.6 Å². The van der Waals surface area contributed by atoms with Crippen molar-refractivity contribution in [2.24, 2.45) is 0 Å². The first-order valence-electron chi connectivity index (χ1n) is 10.0. The Labute approximate surface area is 163 Å². The van der Waals surface area contributed by atoms with Crippen LogP contribution in [0.3, 0.4) is 0 Å². The van der Waals surface area contributed by atoms with Crippen LogP contribution in [0, 0.1) is 0 Å². The Kier molecular flexibility index (Phi) is 4.00. The summed E-state index contributed by atoms with van der Waals surface area (Å²) < 4.78 is 5.06. The molecular weight excluding hydrogens is 356 g/mol. The molecule has 1 saturated carbocycles. The summed E-state index contributed by atoms with van der Waals surface area (Å²) in [7, 11) is 1.56. The van der Waals surface area contributed by atoms with Crippen molar-refractivity contribution in [1.29, 1.82) is 0 Å². The lowest BCUT2D eigenvalue weighted by atomic mass is 9.76. The molecule has 0 unspecified atom stereocenters. The zero-order chi connectivity index (χ0) is 19.3. The van der Waals surface area contributed by atoms with E-state index in [0.29, 0.717) is 30.5 Å². The van der Waals surface area contributed by atoms with Gasteiger partial charge in [-0.15, -0.1) is 0 Å². The fourth-order valence-corrected chi connectivity index (χ4v) is 4.65. The van der Waals surface area contributed by atoms with Gasteiger partial charge in [-0.2, -0.15) is 0 Å². The maximum atomic E-state index is 12.8. The molecule has 1 N–H and O–H groups in total. The van der Waals surface area contributed by atoms with Gasteiger partial charge in [-0.3, -0.25) is 9.59 Å². The normalized spacial score (nSPS) is 20.2. The maximum Gasteiger partial charge on any atom is 0.255 e. The van der Waals surface area contributed by atoms with E-state index < -0.39 is 0 Å². The summed E-state index contributed by atoms with van der Waals surface area (Å²) in [6.07, 6.45) is 7.27. The Balaban J connectivity index is 1.35. The Morgan fingerprint density at radius 2 is 2.04 bits per heavy atom. The molecule has 0 aromatic carbocycles. The second-order valence-electron chi connectivity index (χ2n) is 8.21. The van der Waals surface area contributed by atoms with Crippen LogP contribution in [0.5, 0.6) is 5.88 Å². The number of likely N-dealkylation sites (tertiary alicyclic amines) is 1. The second kappa shape index (κ2) is 6.43. The van der Waals surface area contributed by atoms with E-state index in [9.17, 15) is 9.59 Å². The number of amides is 1. The van der Waals surface area contributed by atoms with Gasteiger partial charge in [0.1, 0.15) is 5.82 Å². The molecule has 1 spiro atoms. The third-order valence-electron chi connectivity index (χ3n) is 6.55. The number of hydrogen-bond donors (Lipinski definition) is 1. The van der Waals surface area contributed by atoms with Gasteiger partial charge in [0.05, 0.1) is 18.4 Å². The lowest BCUT2D eigenvalue weighted by Gasteiger charge is -2.39. The minimum Gasteiger partial charge on any atom is -0.481 e. The van der Waals surface area contributed by atoms with Gasteiger partial charge in [-0.1, -0.05) is 0 Å². The zero-order valence-electron chi connectivity index (χ0n) is 16.0. The van der Waals surface area contributed by atoms with Crippen LogP contribution in [0.2, 0.25) is 0 Å². The topological polar surface area (TPSA) is 88.2 Å². The van der Waals surface area contributed by atoms with Gasteiger partial charge in [0.25, 0.3) is 11.5 Å². The van der Waals surface area contributed by atoms with Crippen molar-refractivity contribution in [3.05, 3.63) is 51.3 Å². The number of methoxy groups -OCH3 is 1. The minimum atomic E-state index is -0.0534. The molecule has 2 aromatic heterocycles. The molecule has 7 heteroatoms. The summed E-state index contributed by atoms with van der Waals surface area (Å²) in [5, 5.41) is 0. The molecule has 2 fully saturated rings. The SMILES string of the molecule is COc1ccc(C(=O)N2CCC3(CCc4c3nc(C3CC3)[nH]c4=O)CC2)cn1. The number of carbonyl (C=O) groups is 1. The van der Waals surface area contributed by atoms with Crippen LogP contribution >= 0.6 is 0 Å². The molecule has 1 amide bonds. The number of nitrogens with zero attached hydrogens (tertiary/aromatic N) is 3. The lowest BCUT2D eigenvalue weighted by molar-refractivity contribution is 0.0663. The predicted molar refractivity (Wildman–Crippen MR) is 103 cm³/mol. The highest BCUT2D eigenvalue weighted by Crippen LogP contribution is 2.46. The predicted octanol–water partition coefficient (Wildman–Crippen LogP) is 2.17. The molecule has 2 aromatic rings. The number of hydrogen-bond acceptors (Lipinski definition) is 5. The van der Waals surface area contributed by atoms with E-state index in [1.807, 2.05) is 4.90 Å². The Morgan fingerprint density at radius 3 is 2.68 bits per heavy atom. The van der Waals surface area contributed by atoms with Crippen LogP contribution in [0.25, 0.3) is 0 Å². The van der Waals surface area contributed by atoms with E-state index in [4.69, 9.17) is 9.72 Å². The summed E-state index contributed by atoms with van der Waals surface area (Å²) in [6, 6.07) is 3.47. The summed E-state index contributed by atoms with van der Waals surface area (Å²) >= 11 is 0. The van der Waals surface area contributed by atoms with Crippen LogP contribution in [0.1, 0.15) is 65.5 Å². The summed E-state index contributed by atoms with van der Waals surface area (Å²) in [5.74, 6) is 1.80. The van der Waals surface area contributed by atoms with Crippen molar-refractivity contribution in [3.8, 4) is 5.88 Å². The number of rotatable bonds is 3. The van der Waals surface area contributed by atoms with Gasteiger partial charge in [-0.05, 0) is 44.6 Å². The standard InChI is InChI=1S/C21H24N4O3/c1-28-16-5-4-14(12-22-16)20(27)25-10-8-21(9-11-25)7-6-15-17(21)23-18(13-2-3-13)24-19(15)26/h4-5,12-13H,2-3,6-11H2,1H3,(H,23,24,26). The highest BCUT2D eigenvalue weighted by atomic mass is 16.5. The highest BCUT2D eigenvalue weighted by Gasteiger charge is 2.45. The Bertz CT molecular complexity index is 970. The summed E-state index contributed by atoms with van der Waals surface area (Å²) in [4.78, 5) is 39.3. The first kappa shape index (κ1) is 17.4. The smallest absolute Gasteiger partial charge is 0.255 e. The van der Waals surface area contributed by atoms with E-state index in [1.54, 1.807) is 25.4 Å². The number of piperidine rings is 1. The number of aromatic amines is 1. The van der Waals surface area contributed by atoms with Gasteiger partial charge >= 0.3 is 0 Å². The highest BCUT2D eigenvalue weighted by molar-refractivity contribution is 5.94. The molecule has 2 aliphatic carbocycles. The largest absolute Gasteiger partial charge is 0.481 e. The number of carbonyl (C=O) groups excluding carboxylic acids is 1. The number of H-pyrrole nitrogens is 1. The van der Waals surface area contributed by atoms with Crippen LogP contribution in [0.15, 0.2) is 23.1 Å². The van der Waals surface area contributed by atoms with Crippen LogP contribution in [-0.2, 0) is 11.8 Å². The minimum absolute atomic E-state index is 0.000705. The average molecular weight is 380 g/mol. The molecule has 1 aliphatic heterocycles. The fourth-order valence-electron chi connectivity index (χ4n) is 4.65. The number of pyridine rings is 1. The molecule has 28 heavy (non-hydrogen) atoms. The quantitative estimate of drug-likeness (QED) is 0.882. The molecule has 1 saturated heterocycles. The van der Waals surface area contributed by atoms with E-state index >= 15 is 0 Å². The van der Waals surface area contributed by atoms with E-state index in [-0.39, 0.29) is 16.9 Å². The Morgan fingerprint density at radius 1 is 1.25 bits per heavy atom. The Hall–Kier alpha value is -2.70. The van der Waals surface area contributed by atoms with Gasteiger partial charge < -0.3 is 14.6 Å². The van der Waals surface area contributed by atoms with Crippen molar-refractivity contribution in [2.75, 3.05) is 20.2 Å². The monoisotopic (exact) mass is 380 g/mol. The van der Waals surface area contributed by atoms with Crippen molar-refractivity contribution < 1.29 is 9.53 Å². The maximum absolute atomic E-state index is 12.8. The average Bonchev–Trinajstić information content (AvgIpc) is 3.52. The van der Waals surface area contributed by atoms with Gasteiger partial charge in [-0.25, -0.2) is 9.97 Å².